The van der Waals surface area contributed by atoms with Crippen LogP contribution < -0.4 is 5.32 Å². The van der Waals surface area contributed by atoms with Crippen molar-refractivity contribution >= 4 is 26.9 Å². The molecule has 1 unspecified atom stereocenters. The van der Waals surface area contributed by atoms with E-state index in [0.29, 0.717) is 0 Å². The molecule has 114 valence electrons. The Morgan fingerprint density at radius 3 is 3.00 bits per heavy atom. The van der Waals surface area contributed by atoms with Crippen molar-refractivity contribution in [2.24, 2.45) is 0 Å². The van der Waals surface area contributed by atoms with Gasteiger partial charge in [-0.25, -0.2) is 0 Å². The van der Waals surface area contributed by atoms with Gasteiger partial charge in [-0.3, -0.25) is 4.90 Å². The first-order valence-electron chi connectivity index (χ1n) is 7.40. The average Bonchev–Trinajstić information content (AvgIpc) is 2.72. The highest BCUT2D eigenvalue weighted by Gasteiger charge is 2.36. The van der Waals surface area contributed by atoms with Gasteiger partial charge in [0.1, 0.15) is 11.3 Å². The number of hydrogen-bond donors (Lipinski definition) is 2. The van der Waals surface area contributed by atoms with Crippen LogP contribution in [0.25, 0.3) is 11.0 Å². The molecule has 2 heterocycles. The second-order valence-electron chi connectivity index (χ2n) is 5.82. The van der Waals surface area contributed by atoms with Crippen molar-refractivity contribution in [3.05, 3.63) is 34.5 Å². The summed E-state index contributed by atoms with van der Waals surface area (Å²) in [4.78, 5) is 2.32. The lowest BCUT2D eigenvalue weighted by Gasteiger charge is -2.37. The van der Waals surface area contributed by atoms with E-state index < -0.39 is 5.54 Å². The fourth-order valence-electron chi connectivity index (χ4n) is 2.95. The molecule has 21 heavy (non-hydrogen) atoms. The van der Waals surface area contributed by atoms with Crippen molar-refractivity contribution in [2.45, 2.75) is 18.9 Å². The molecule has 1 aromatic heterocycles. The number of hydrogen-bond acceptors (Lipinski definition) is 4. The maximum absolute atomic E-state index is 10.0. The highest BCUT2D eigenvalue weighted by Crippen LogP contribution is 2.33. The lowest BCUT2D eigenvalue weighted by Crippen LogP contribution is -2.48. The molecule has 3 rings (SSSR count). The summed E-state index contributed by atoms with van der Waals surface area (Å²) in [6.07, 6.45) is 1.08. The molecule has 1 fully saturated rings. The van der Waals surface area contributed by atoms with Crippen LogP contribution in [0.2, 0.25) is 0 Å². The van der Waals surface area contributed by atoms with Crippen molar-refractivity contribution in [3.8, 4) is 0 Å². The summed E-state index contributed by atoms with van der Waals surface area (Å²) in [7, 11) is 0. The number of furan rings is 1. The number of aliphatic hydroxyl groups is 1. The Morgan fingerprint density at radius 1 is 1.33 bits per heavy atom. The van der Waals surface area contributed by atoms with E-state index in [-0.39, 0.29) is 6.61 Å². The molecule has 4 nitrogen and oxygen atoms in total. The van der Waals surface area contributed by atoms with Crippen LogP contribution >= 0.6 is 15.9 Å². The third kappa shape index (κ3) is 2.88. The van der Waals surface area contributed by atoms with E-state index in [9.17, 15) is 5.11 Å². The first kappa shape index (κ1) is 15.0. The third-order valence-electron chi connectivity index (χ3n) is 4.36. The number of halogens is 1. The predicted octanol–water partition coefficient (Wildman–Crippen LogP) is 2.70. The van der Waals surface area contributed by atoms with Crippen molar-refractivity contribution in [2.75, 3.05) is 32.8 Å². The zero-order valence-corrected chi connectivity index (χ0v) is 13.8. The fraction of sp³-hybridized carbons (Fsp3) is 0.500. The first-order chi connectivity index (χ1) is 10.1. The van der Waals surface area contributed by atoms with Gasteiger partial charge in [0.25, 0.3) is 0 Å². The number of fused-ring (bicyclic) bond motifs is 1. The molecule has 0 saturated carbocycles. The lowest BCUT2D eigenvalue weighted by molar-refractivity contribution is 0.0295. The van der Waals surface area contributed by atoms with E-state index in [1.165, 1.54) is 0 Å². The minimum atomic E-state index is -0.475. The second-order valence-corrected chi connectivity index (χ2v) is 6.73. The minimum Gasteiger partial charge on any atom is -0.459 e. The third-order valence-corrected chi connectivity index (χ3v) is 4.85. The van der Waals surface area contributed by atoms with Crippen LogP contribution in [0.5, 0.6) is 0 Å². The second kappa shape index (κ2) is 6.08. The van der Waals surface area contributed by atoms with E-state index in [1.807, 2.05) is 18.2 Å². The molecule has 1 aliphatic rings. The van der Waals surface area contributed by atoms with Crippen LogP contribution in [0.15, 0.2) is 33.2 Å². The van der Waals surface area contributed by atoms with Gasteiger partial charge >= 0.3 is 0 Å². The number of aliphatic hydroxyl groups excluding tert-OH is 1. The van der Waals surface area contributed by atoms with Crippen LogP contribution in [-0.2, 0) is 5.54 Å². The Balaban J connectivity index is 1.99. The number of rotatable bonds is 3. The fourth-order valence-corrected chi connectivity index (χ4v) is 3.33. The standard InChI is InChI=1S/C16H21BrN2O2/c1-16(11-20,19-7-2-5-18-6-8-19)15-10-12-9-13(17)3-4-14(12)21-15/h3-4,9-10,18,20H,2,5-8,11H2,1H3. The average molecular weight is 353 g/mol. The van der Waals surface area contributed by atoms with Crippen molar-refractivity contribution in [3.63, 3.8) is 0 Å². The highest BCUT2D eigenvalue weighted by molar-refractivity contribution is 9.10. The zero-order valence-electron chi connectivity index (χ0n) is 12.2. The monoisotopic (exact) mass is 352 g/mol. The SMILES string of the molecule is CC(CO)(c1cc2cc(Br)ccc2o1)N1CCCNCC1. The molecule has 0 radical (unpaired) electrons. The molecule has 0 amide bonds. The minimum absolute atomic E-state index is 0.0496. The summed E-state index contributed by atoms with van der Waals surface area (Å²) in [5.74, 6) is 0.833. The number of benzene rings is 1. The predicted molar refractivity (Wildman–Crippen MR) is 87.4 cm³/mol. The van der Waals surface area contributed by atoms with Gasteiger partial charge in [-0.05, 0) is 44.2 Å². The Kier molecular flexibility index (Phi) is 4.36. The molecular formula is C16H21BrN2O2. The van der Waals surface area contributed by atoms with Gasteiger partial charge in [0, 0.05) is 29.5 Å². The Bertz CT molecular complexity index is 620. The molecule has 0 spiro atoms. The van der Waals surface area contributed by atoms with Crippen LogP contribution in [-0.4, -0.2) is 42.8 Å². The van der Waals surface area contributed by atoms with Crippen molar-refractivity contribution in [1.82, 2.24) is 10.2 Å². The van der Waals surface area contributed by atoms with Gasteiger partial charge in [-0.15, -0.1) is 0 Å². The molecule has 0 bridgehead atoms. The molecule has 1 aliphatic heterocycles. The van der Waals surface area contributed by atoms with Gasteiger partial charge in [0.05, 0.1) is 12.1 Å². The van der Waals surface area contributed by atoms with Crippen molar-refractivity contribution in [1.29, 1.82) is 0 Å². The zero-order chi connectivity index (χ0) is 14.9. The largest absolute Gasteiger partial charge is 0.459 e. The van der Waals surface area contributed by atoms with E-state index in [2.05, 4.69) is 39.1 Å². The maximum Gasteiger partial charge on any atom is 0.134 e. The smallest absolute Gasteiger partial charge is 0.134 e. The lowest BCUT2D eigenvalue weighted by atomic mass is 9.96. The van der Waals surface area contributed by atoms with E-state index in [4.69, 9.17) is 4.42 Å². The summed E-state index contributed by atoms with van der Waals surface area (Å²) in [5, 5.41) is 14.5. The number of nitrogens with zero attached hydrogens (tertiary/aromatic N) is 1. The maximum atomic E-state index is 10.0. The summed E-state index contributed by atoms with van der Waals surface area (Å²) in [5.41, 5.74) is 0.387. The van der Waals surface area contributed by atoms with Gasteiger partial charge in [0.2, 0.25) is 0 Å². The quantitative estimate of drug-likeness (QED) is 0.891. The number of nitrogens with one attached hydrogen (secondary N) is 1. The van der Waals surface area contributed by atoms with Crippen molar-refractivity contribution < 1.29 is 9.52 Å². The molecule has 1 atom stereocenters. The molecule has 2 N–H and O–H groups in total. The molecule has 0 aliphatic carbocycles. The van der Waals surface area contributed by atoms with Gasteiger partial charge in [-0.1, -0.05) is 15.9 Å². The van der Waals surface area contributed by atoms with Crippen LogP contribution in [0.3, 0.4) is 0 Å². The van der Waals surface area contributed by atoms with E-state index in [0.717, 1.165) is 53.8 Å². The molecule has 5 heteroatoms. The van der Waals surface area contributed by atoms with Gasteiger partial charge < -0.3 is 14.8 Å². The summed E-state index contributed by atoms with van der Waals surface area (Å²) >= 11 is 3.49. The highest BCUT2D eigenvalue weighted by atomic mass is 79.9. The molecule has 2 aromatic rings. The van der Waals surface area contributed by atoms with Crippen LogP contribution in [0.1, 0.15) is 19.1 Å². The Morgan fingerprint density at radius 2 is 2.19 bits per heavy atom. The molecular weight excluding hydrogens is 332 g/mol. The summed E-state index contributed by atoms with van der Waals surface area (Å²) in [6.45, 7) is 5.97. The van der Waals surface area contributed by atoms with Crippen LogP contribution in [0, 0.1) is 0 Å². The van der Waals surface area contributed by atoms with Gasteiger partial charge in [0.15, 0.2) is 0 Å². The summed E-state index contributed by atoms with van der Waals surface area (Å²) in [6, 6.07) is 8.03. The molecule has 1 saturated heterocycles. The topological polar surface area (TPSA) is 48.6 Å². The Hall–Kier alpha value is -0.880. The van der Waals surface area contributed by atoms with E-state index >= 15 is 0 Å². The first-order valence-corrected chi connectivity index (χ1v) is 8.19. The Labute approximate surface area is 133 Å². The van der Waals surface area contributed by atoms with Crippen LogP contribution in [0.4, 0.5) is 0 Å². The molecule has 1 aromatic carbocycles. The summed E-state index contributed by atoms with van der Waals surface area (Å²) < 4.78 is 7.06. The van der Waals surface area contributed by atoms with E-state index in [1.54, 1.807) is 0 Å². The normalized spacial score (nSPS) is 20.3. The van der Waals surface area contributed by atoms with Gasteiger partial charge in [-0.2, -0.15) is 0 Å².